The van der Waals surface area contributed by atoms with Gasteiger partial charge in [-0.05, 0) is 30.6 Å². The molecule has 1 atom stereocenters. The van der Waals surface area contributed by atoms with Crippen LogP contribution < -0.4 is 5.32 Å². The molecule has 0 saturated heterocycles. The monoisotopic (exact) mass is 264 g/mol. The molecule has 1 aromatic carbocycles. The molecule has 0 aliphatic heterocycles. The van der Waals surface area contributed by atoms with E-state index in [-0.39, 0.29) is 0 Å². The van der Waals surface area contributed by atoms with Crippen molar-refractivity contribution in [2.45, 2.75) is 25.8 Å². The maximum Gasteiger partial charge on any atom is 0.0843 e. The van der Waals surface area contributed by atoms with Crippen molar-refractivity contribution >= 4 is 22.4 Å². The van der Waals surface area contributed by atoms with Gasteiger partial charge < -0.3 is 10.1 Å². The van der Waals surface area contributed by atoms with Crippen molar-refractivity contribution in [2.75, 3.05) is 20.3 Å². The van der Waals surface area contributed by atoms with Gasteiger partial charge in [-0.3, -0.25) is 0 Å². The number of hydrogen-bond donors (Lipinski definition) is 1. The average molecular weight is 264 g/mol. The lowest BCUT2D eigenvalue weighted by molar-refractivity contribution is 0.166. The lowest BCUT2D eigenvalue weighted by Gasteiger charge is -2.16. The molecule has 0 saturated carbocycles. The molecule has 2 aromatic rings. The van der Waals surface area contributed by atoms with E-state index in [1.165, 1.54) is 10.3 Å². The molecule has 1 aromatic heterocycles. The lowest BCUT2D eigenvalue weighted by atomic mass is 10.1. The number of aromatic nitrogens is 1. The maximum absolute atomic E-state index is 5.28. The molecule has 0 aliphatic rings. The van der Waals surface area contributed by atoms with Crippen molar-refractivity contribution in [1.29, 1.82) is 0 Å². The van der Waals surface area contributed by atoms with Gasteiger partial charge in [0, 0.05) is 29.8 Å². The van der Waals surface area contributed by atoms with Crippen LogP contribution >= 0.6 is 11.5 Å². The molecule has 0 bridgehead atoms. The Morgan fingerprint density at radius 1 is 1.39 bits per heavy atom. The first-order valence-electron chi connectivity index (χ1n) is 6.40. The smallest absolute Gasteiger partial charge is 0.0843 e. The largest absolute Gasteiger partial charge is 0.383 e. The zero-order chi connectivity index (χ0) is 12.8. The van der Waals surface area contributed by atoms with E-state index < -0.39 is 0 Å². The van der Waals surface area contributed by atoms with Gasteiger partial charge in [-0.25, -0.2) is 0 Å². The Kier molecular flexibility index (Phi) is 5.11. The van der Waals surface area contributed by atoms with Crippen LogP contribution in [0.15, 0.2) is 24.3 Å². The van der Waals surface area contributed by atoms with Gasteiger partial charge in [0.25, 0.3) is 0 Å². The van der Waals surface area contributed by atoms with Crippen molar-refractivity contribution in [2.24, 2.45) is 0 Å². The molecular formula is C14H20N2OS. The van der Waals surface area contributed by atoms with Crippen LogP contribution in [-0.4, -0.2) is 30.7 Å². The first-order valence-corrected chi connectivity index (χ1v) is 7.18. The van der Waals surface area contributed by atoms with Crippen LogP contribution in [0.25, 0.3) is 10.9 Å². The van der Waals surface area contributed by atoms with Gasteiger partial charge in [-0.2, -0.15) is 4.37 Å². The van der Waals surface area contributed by atoms with Gasteiger partial charge in [0.05, 0.1) is 12.1 Å². The third-order valence-electron chi connectivity index (χ3n) is 2.94. The second kappa shape index (κ2) is 6.83. The van der Waals surface area contributed by atoms with Crippen LogP contribution in [-0.2, 0) is 11.2 Å². The van der Waals surface area contributed by atoms with E-state index in [2.05, 4.69) is 34.8 Å². The lowest BCUT2D eigenvalue weighted by Crippen LogP contribution is -2.35. The molecule has 0 amide bonds. The number of rotatable bonds is 7. The molecule has 0 radical (unpaired) electrons. The van der Waals surface area contributed by atoms with Crippen LogP contribution in [0.5, 0.6) is 0 Å². The minimum absolute atomic E-state index is 0.374. The minimum atomic E-state index is 0.374. The topological polar surface area (TPSA) is 34.1 Å². The number of nitrogens with zero attached hydrogens (tertiary/aromatic N) is 1. The van der Waals surface area contributed by atoms with E-state index in [9.17, 15) is 0 Å². The van der Waals surface area contributed by atoms with Crippen molar-refractivity contribution in [1.82, 2.24) is 9.69 Å². The number of methoxy groups -OCH3 is 1. The third kappa shape index (κ3) is 3.28. The fraction of sp³-hybridized carbons (Fsp3) is 0.500. The summed E-state index contributed by atoms with van der Waals surface area (Å²) in [5, 5.41) is 4.81. The molecule has 0 fully saturated rings. The Morgan fingerprint density at radius 3 is 3.00 bits per heavy atom. The zero-order valence-corrected chi connectivity index (χ0v) is 11.8. The summed E-state index contributed by atoms with van der Waals surface area (Å²) < 4.78 is 9.77. The Hall–Kier alpha value is -0.970. The fourth-order valence-electron chi connectivity index (χ4n) is 2.05. The first-order chi connectivity index (χ1) is 8.85. The average Bonchev–Trinajstić information content (AvgIpc) is 2.80. The summed E-state index contributed by atoms with van der Waals surface area (Å²) >= 11 is 1.60. The summed E-state index contributed by atoms with van der Waals surface area (Å²) in [5.74, 6) is 0. The molecule has 2 rings (SSSR count). The standard InChI is InChI=1S/C14H20N2OS/c1-3-8-15-11(10-17-2)9-14-12-6-4-5-7-13(12)16-18-14/h4-7,11,15H,3,8-10H2,1-2H3. The van der Waals surface area contributed by atoms with E-state index >= 15 is 0 Å². The second-order valence-electron chi connectivity index (χ2n) is 4.43. The molecule has 3 nitrogen and oxygen atoms in total. The SMILES string of the molecule is CCCNC(COC)Cc1snc2ccccc12. The predicted molar refractivity (Wildman–Crippen MR) is 77.3 cm³/mol. The molecule has 1 N–H and O–H groups in total. The molecule has 1 heterocycles. The Balaban J connectivity index is 2.10. The maximum atomic E-state index is 5.28. The van der Waals surface area contributed by atoms with Crippen LogP contribution in [0.2, 0.25) is 0 Å². The summed E-state index contributed by atoms with van der Waals surface area (Å²) in [6.07, 6.45) is 2.13. The van der Waals surface area contributed by atoms with Gasteiger partial charge in [-0.15, -0.1) is 0 Å². The van der Waals surface area contributed by atoms with E-state index in [0.29, 0.717) is 6.04 Å². The third-order valence-corrected chi connectivity index (χ3v) is 3.84. The number of fused-ring (bicyclic) bond motifs is 1. The summed E-state index contributed by atoms with van der Waals surface area (Å²) in [5.41, 5.74) is 1.10. The highest BCUT2D eigenvalue weighted by atomic mass is 32.1. The summed E-state index contributed by atoms with van der Waals surface area (Å²) in [4.78, 5) is 1.34. The molecule has 0 aliphatic carbocycles. The molecule has 18 heavy (non-hydrogen) atoms. The minimum Gasteiger partial charge on any atom is -0.383 e. The highest BCUT2D eigenvalue weighted by Crippen LogP contribution is 2.23. The molecule has 1 unspecified atom stereocenters. The Morgan fingerprint density at radius 2 is 2.22 bits per heavy atom. The Labute approximate surface area is 112 Å². The summed E-state index contributed by atoms with van der Waals surface area (Å²) in [6, 6.07) is 8.70. The normalized spacial score (nSPS) is 13.0. The fourth-order valence-corrected chi connectivity index (χ4v) is 2.97. The van der Waals surface area contributed by atoms with Gasteiger partial charge in [0.1, 0.15) is 0 Å². The summed E-state index contributed by atoms with van der Waals surface area (Å²) in [7, 11) is 1.76. The highest BCUT2D eigenvalue weighted by Gasteiger charge is 2.12. The summed E-state index contributed by atoms with van der Waals surface area (Å²) in [6.45, 7) is 3.95. The van der Waals surface area contributed by atoms with E-state index in [1.807, 2.05) is 6.07 Å². The van der Waals surface area contributed by atoms with Crippen LogP contribution in [0.1, 0.15) is 18.2 Å². The van der Waals surface area contributed by atoms with E-state index in [1.54, 1.807) is 18.6 Å². The van der Waals surface area contributed by atoms with Crippen molar-refractivity contribution in [3.8, 4) is 0 Å². The number of nitrogens with one attached hydrogen (secondary N) is 1. The van der Waals surface area contributed by atoms with Gasteiger partial charge in [0.2, 0.25) is 0 Å². The zero-order valence-electron chi connectivity index (χ0n) is 11.0. The van der Waals surface area contributed by atoms with Gasteiger partial charge in [0.15, 0.2) is 0 Å². The Bertz CT molecular complexity index is 483. The quantitative estimate of drug-likeness (QED) is 0.835. The highest BCUT2D eigenvalue weighted by molar-refractivity contribution is 7.07. The molecular weight excluding hydrogens is 244 g/mol. The first kappa shape index (κ1) is 13.5. The van der Waals surface area contributed by atoms with Crippen LogP contribution in [0.3, 0.4) is 0 Å². The van der Waals surface area contributed by atoms with Gasteiger partial charge in [-0.1, -0.05) is 25.1 Å². The number of hydrogen-bond acceptors (Lipinski definition) is 4. The van der Waals surface area contributed by atoms with Crippen molar-refractivity contribution in [3.63, 3.8) is 0 Å². The second-order valence-corrected chi connectivity index (χ2v) is 5.29. The van der Waals surface area contributed by atoms with Crippen LogP contribution in [0.4, 0.5) is 0 Å². The molecule has 4 heteroatoms. The number of ether oxygens (including phenoxy) is 1. The van der Waals surface area contributed by atoms with E-state index in [0.717, 1.165) is 31.5 Å². The van der Waals surface area contributed by atoms with Crippen molar-refractivity contribution in [3.05, 3.63) is 29.1 Å². The predicted octanol–water partition coefficient (Wildman–Crippen LogP) is 2.85. The molecule has 0 spiro atoms. The molecule has 98 valence electrons. The van der Waals surface area contributed by atoms with Gasteiger partial charge >= 0.3 is 0 Å². The van der Waals surface area contributed by atoms with E-state index in [4.69, 9.17) is 4.74 Å². The number of benzene rings is 1. The van der Waals surface area contributed by atoms with Crippen molar-refractivity contribution < 1.29 is 4.74 Å². The van der Waals surface area contributed by atoms with Crippen LogP contribution in [0, 0.1) is 0 Å².